The largest absolute Gasteiger partial charge is 0.463 e. The number of hydrogen-bond donors (Lipinski definition) is 0. The van der Waals surface area contributed by atoms with Crippen molar-refractivity contribution < 1.29 is 14.2 Å². The van der Waals surface area contributed by atoms with Crippen molar-refractivity contribution in [1.29, 1.82) is 0 Å². The van der Waals surface area contributed by atoms with E-state index in [1.165, 1.54) is 0 Å². The molecule has 0 amide bonds. The van der Waals surface area contributed by atoms with Crippen molar-refractivity contribution in [2.45, 2.75) is 60.3 Å². The Morgan fingerprint density at radius 3 is 1.43 bits per heavy atom. The molecular weight excluding hydrogens is 294 g/mol. The molecule has 0 radical (unpaired) electrons. The van der Waals surface area contributed by atoms with Crippen molar-refractivity contribution in [3.05, 3.63) is 0 Å². The molecular formula is C17H31N3O3. The lowest BCUT2D eigenvalue weighted by atomic mass is 10.1. The maximum Gasteiger partial charge on any atom is 0.325 e. The highest BCUT2D eigenvalue weighted by Gasteiger charge is 2.10. The van der Waals surface area contributed by atoms with Crippen LogP contribution in [0.25, 0.3) is 0 Å². The number of rotatable bonds is 12. The van der Waals surface area contributed by atoms with Crippen molar-refractivity contribution >= 4 is 0 Å². The van der Waals surface area contributed by atoms with E-state index < -0.39 is 0 Å². The molecule has 132 valence electrons. The summed E-state index contributed by atoms with van der Waals surface area (Å²) in [5, 5.41) is 0. The summed E-state index contributed by atoms with van der Waals surface area (Å²) in [6, 6.07) is 0.811. The first-order chi connectivity index (χ1) is 11.0. The lowest BCUT2D eigenvalue weighted by Gasteiger charge is -2.11. The van der Waals surface area contributed by atoms with Crippen LogP contribution in [0.1, 0.15) is 60.3 Å². The number of aromatic nitrogens is 3. The highest BCUT2D eigenvalue weighted by atomic mass is 16.5. The average molecular weight is 325 g/mol. The fourth-order valence-electron chi connectivity index (χ4n) is 1.59. The smallest absolute Gasteiger partial charge is 0.325 e. The molecule has 0 aliphatic heterocycles. The first-order valence-electron chi connectivity index (χ1n) is 8.65. The molecule has 0 bridgehead atoms. The lowest BCUT2D eigenvalue weighted by molar-refractivity contribution is 0.221. The molecule has 0 N–H and O–H groups in total. The Morgan fingerprint density at radius 2 is 1.09 bits per heavy atom. The molecule has 6 nitrogen and oxygen atoms in total. The zero-order valence-corrected chi connectivity index (χ0v) is 15.2. The first-order valence-corrected chi connectivity index (χ1v) is 8.65. The van der Waals surface area contributed by atoms with Gasteiger partial charge in [0.1, 0.15) is 0 Å². The molecule has 1 aromatic heterocycles. The third-order valence-electron chi connectivity index (χ3n) is 3.16. The van der Waals surface area contributed by atoms with Gasteiger partial charge < -0.3 is 14.2 Å². The van der Waals surface area contributed by atoms with Crippen LogP contribution in [-0.4, -0.2) is 34.8 Å². The first kappa shape index (κ1) is 19.5. The Bertz CT molecular complexity index is 407. The summed E-state index contributed by atoms with van der Waals surface area (Å²) in [6.45, 7) is 12.4. The van der Waals surface area contributed by atoms with Crippen LogP contribution in [0, 0.1) is 11.8 Å². The van der Waals surface area contributed by atoms with E-state index in [0.29, 0.717) is 31.7 Å². The van der Waals surface area contributed by atoms with E-state index in [1.807, 2.05) is 0 Å². The molecule has 0 atom stereocenters. The van der Waals surface area contributed by atoms with Gasteiger partial charge in [0, 0.05) is 0 Å². The van der Waals surface area contributed by atoms with Gasteiger partial charge in [-0.3, -0.25) is 0 Å². The van der Waals surface area contributed by atoms with E-state index >= 15 is 0 Å². The Labute approximate surface area is 140 Å². The topological polar surface area (TPSA) is 66.4 Å². The maximum atomic E-state index is 5.61. The van der Waals surface area contributed by atoms with Crippen molar-refractivity contribution in [2.24, 2.45) is 11.8 Å². The van der Waals surface area contributed by atoms with Crippen LogP contribution in [0.15, 0.2) is 0 Å². The molecule has 0 saturated heterocycles. The van der Waals surface area contributed by atoms with E-state index in [9.17, 15) is 0 Å². The summed E-state index contributed by atoms with van der Waals surface area (Å²) in [5.41, 5.74) is 0. The van der Waals surface area contributed by atoms with Gasteiger partial charge in [0.15, 0.2) is 0 Å². The molecule has 23 heavy (non-hydrogen) atoms. The zero-order chi connectivity index (χ0) is 17.1. The minimum Gasteiger partial charge on any atom is -0.463 e. The van der Waals surface area contributed by atoms with Crippen molar-refractivity contribution in [3.63, 3.8) is 0 Å². The van der Waals surface area contributed by atoms with Crippen LogP contribution in [-0.2, 0) is 0 Å². The third kappa shape index (κ3) is 9.21. The summed E-state index contributed by atoms with van der Waals surface area (Å²) in [5.74, 6) is 1.14. The van der Waals surface area contributed by atoms with Gasteiger partial charge >= 0.3 is 18.0 Å². The third-order valence-corrected chi connectivity index (χ3v) is 3.16. The van der Waals surface area contributed by atoms with Gasteiger partial charge in [-0.15, -0.1) is 15.0 Å². The van der Waals surface area contributed by atoms with Crippen LogP contribution >= 0.6 is 0 Å². The second-order valence-electron chi connectivity index (χ2n) is 6.45. The van der Waals surface area contributed by atoms with Crippen LogP contribution in [0.4, 0.5) is 0 Å². The Kier molecular flexibility index (Phi) is 9.33. The molecule has 0 aromatic carbocycles. The van der Waals surface area contributed by atoms with Gasteiger partial charge in [-0.25, -0.2) is 0 Å². The van der Waals surface area contributed by atoms with Crippen LogP contribution in [0.5, 0.6) is 18.0 Å². The van der Waals surface area contributed by atoms with E-state index in [1.54, 1.807) is 0 Å². The minimum absolute atomic E-state index is 0.270. The molecule has 0 aliphatic carbocycles. The van der Waals surface area contributed by atoms with E-state index in [2.05, 4.69) is 49.6 Å². The monoisotopic (exact) mass is 325 g/mol. The van der Waals surface area contributed by atoms with Crippen molar-refractivity contribution in [3.8, 4) is 18.0 Å². The Morgan fingerprint density at radius 1 is 0.696 bits per heavy atom. The summed E-state index contributed by atoms with van der Waals surface area (Å²) < 4.78 is 16.8. The molecule has 0 saturated carbocycles. The summed E-state index contributed by atoms with van der Waals surface area (Å²) in [7, 11) is 0. The molecule has 0 spiro atoms. The van der Waals surface area contributed by atoms with Gasteiger partial charge in [-0.1, -0.05) is 41.0 Å². The van der Waals surface area contributed by atoms with E-state index in [0.717, 1.165) is 25.7 Å². The normalized spacial score (nSPS) is 11.1. The van der Waals surface area contributed by atoms with Gasteiger partial charge in [0.25, 0.3) is 0 Å². The zero-order valence-electron chi connectivity index (χ0n) is 15.2. The SMILES string of the molecule is CCCCOc1nc(OCCC(C)C)nc(OCCC(C)C)n1. The quantitative estimate of drug-likeness (QED) is 0.543. The van der Waals surface area contributed by atoms with Gasteiger partial charge in [-0.2, -0.15) is 0 Å². The molecule has 1 heterocycles. The number of ether oxygens (including phenoxy) is 3. The number of hydrogen-bond acceptors (Lipinski definition) is 6. The van der Waals surface area contributed by atoms with Crippen molar-refractivity contribution in [2.75, 3.05) is 19.8 Å². The Balaban J connectivity index is 2.67. The van der Waals surface area contributed by atoms with E-state index in [-0.39, 0.29) is 18.0 Å². The Hall–Kier alpha value is -1.59. The molecule has 0 aliphatic rings. The molecule has 0 fully saturated rings. The summed E-state index contributed by atoms with van der Waals surface area (Å²) in [6.07, 6.45) is 3.90. The predicted octanol–water partition coefficient (Wildman–Crippen LogP) is 3.90. The molecule has 1 rings (SSSR count). The predicted molar refractivity (Wildman–Crippen MR) is 90.1 cm³/mol. The number of unbranched alkanes of at least 4 members (excludes halogenated alkanes) is 1. The van der Waals surface area contributed by atoms with E-state index in [4.69, 9.17) is 14.2 Å². The number of nitrogens with zero attached hydrogens (tertiary/aromatic N) is 3. The average Bonchev–Trinajstić information content (AvgIpc) is 2.46. The van der Waals surface area contributed by atoms with Crippen LogP contribution < -0.4 is 14.2 Å². The standard InChI is InChI=1S/C17H31N3O3/c1-6-7-10-21-15-18-16(22-11-8-13(2)3)20-17(19-15)23-12-9-14(4)5/h13-14H,6-12H2,1-5H3. The molecule has 0 unspecified atom stereocenters. The van der Waals surface area contributed by atoms with Gasteiger partial charge in [-0.05, 0) is 31.1 Å². The molecule has 1 aromatic rings. The summed E-state index contributed by atoms with van der Waals surface area (Å²) in [4.78, 5) is 12.6. The van der Waals surface area contributed by atoms with Crippen molar-refractivity contribution in [1.82, 2.24) is 15.0 Å². The minimum atomic E-state index is 0.270. The highest BCUT2D eigenvalue weighted by Crippen LogP contribution is 2.16. The molecule has 6 heteroatoms. The van der Waals surface area contributed by atoms with Crippen LogP contribution in [0.3, 0.4) is 0 Å². The summed E-state index contributed by atoms with van der Waals surface area (Å²) >= 11 is 0. The fraction of sp³-hybridized carbons (Fsp3) is 0.824. The maximum absolute atomic E-state index is 5.61. The van der Waals surface area contributed by atoms with Crippen LogP contribution in [0.2, 0.25) is 0 Å². The van der Waals surface area contributed by atoms with Gasteiger partial charge in [0.2, 0.25) is 0 Å². The lowest BCUT2D eigenvalue weighted by Crippen LogP contribution is -2.10. The highest BCUT2D eigenvalue weighted by molar-refractivity contribution is 5.09. The second-order valence-corrected chi connectivity index (χ2v) is 6.45. The second kappa shape index (κ2) is 11.0. The van der Waals surface area contributed by atoms with Gasteiger partial charge in [0.05, 0.1) is 19.8 Å². The fourth-order valence-corrected chi connectivity index (χ4v) is 1.59.